The van der Waals surface area contributed by atoms with Gasteiger partial charge in [0.15, 0.2) is 0 Å². The molecule has 0 unspecified atom stereocenters. The molecule has 0 aromatic heterocycles. The maximum Gasteiger partial charge on any atom is -0.000238 e. The van der Waals surface area contributed by atoms with E-state index in [4.69, 9.17) is 13.8 Å². The van der Waals surface area contributed by atoms with Gasteiger partial charge < -0.3 is 0 Å². The van der Waals surface area contributed by atoms with Gasteiger partial charge in [0, 0.05) is 0 Å². The lowest BCUT2D eigenvalue weighted by atomic mass is 9.97. The van der Waals surface area contributed by atoms with Crippen LogP contribution in [0.2, 0.25) is 0 Å². The summed E-state index contributed by atoms with van der Waals surface area (Å²) in [6, 6.07) is 16.3. The van der Waals surface area contributed by atoms with Crippen molar-refractivity contribution in [3.05, 3.63) is 73.5 Å². The molecule has 16 heavy (non-hydrogen) atoms. The minimum Gasteiger partial charge on any atom is -0.0616 e. The summed E-state index contributed by atoms with van der Waals surface area (Å²) < 4.78 is 0. The zero-order valence-electron chi connectivity index (χ0n) is 8.77. The van der Waals surface area contributed by atoms with Crippen LogP contribution in [0.15, 0.2) is 48.5 Å². The van der Waals surface area contributed by atoms with Crippen molar-refractivity contribution in [3.8, 4) is 0 Å². The molecule has 0 aliphatic rings. The average molecular weight is 202 g/mol. The lowest BCUT2D eigenvalue weighted by molar-refractivity contribution is 1.59. The molecular weight excluding hydrogens is 192 g/mol. The van der Waals surface area contributed by atoms with Crippen LogP contribution in [-0.4, -0.2) is 0 Å². The SMILES string of the molecule is [CH]c1ccc2cc3ccccc3cc2c1[CH]. The van der Waals surface area contributed by atoms with Gasteiger partial charge in [-0.3, -0.25) is 0 Å². The molecule has 0 heteroatoms. The molecule has 0 saturated carbocycles. The van der Waals surface area contributed by atoms with Crippen molar-refractivity contribution in [2.75, 3.05) is 0 Å². The van der Waals surface area contributed by atoms with E-state index in [9.17, 15) is 0 Å². The number of hydrogen-bond acceptors (Lipinski definition) is 0. The van der Waals surface area contributed by atoms with Gasteiger partial charge in [0.05, 0.1) is 0 Å². The highest BCUT2D eigenvalue weighted by Crippen LogP contribution is 2.26. The van der Waals surface area contributed by atoms with Gasteiger partial charge in [-0.25, -0.2) is 0 Å². The predicted octanol–water partition coefficient (Wildman–Crippen LogP) is 4.11. The molecule has 0 atom stereocenters. The molecule has 0 amide bonds. The Hall–Kier alpha value is -1.82. The average Bonchev–Trinajstić information content (AvgIpc) is 2.32. The van der Waals surface area contributed by atoms with E-state index >= 15 is 0 Å². The molecule has 0 aliphatic heterocycles. The van der Waals surface area contributed by atoms with Gasteiger partial charge >= 0.3 is 0 Å². The zero-order chi connectivity index (χ0) is 11.1. The second-order valence-corrected chi connectivity index (χ2v) is 3.99. The molecule has 0 fully saturated rings. The van der Waals surface area contributed by atoms with Crippen molar-refractivity contribution in [2.45, 2.75) is 0 Å². The fourth-order valence-electron chi connectivity index (χ4n) is 2.05. The van der Waals surface area contributed by atoms with Crippen LogP contribution in [0.5, 0.6) is 0 Å². The quantitative estimate of drug-likeness (QED) is 0.481. The van der Waals surface area contributed by atoms with E-state index in [1.165, 1.54) is 10.8 Å². The smallest absolute Gasteiger partial charge is 0.000238 e. The fourth-order valence-corrected chi connectivity index (χ4v) is 2.05. The summed E-state index contributed by atoms with van der Waals surface area (Å²) in [5.74, 6) is 0. The Bertz CT molecular complexity index is 678. The van der Waals surface area contributed by atoms with Gasteiger partial charge in [0.2, 0.25) is 0 Å². The first-order chi connectivity index (χ1) is 7.75. The van der Waals surface area contributed by atoms with Gasteiger partial charge in [-0.15, -0.1) is 0 Å². The van der Waals surface area contributed by atoms with Crippen LogP contribution >= 0.6 is 0 Å². The van der Waals surface area contributed by atoms with Gasteiger partial charge in [-0.2, -0.15) is 0 Å². The molecule has 3 rings (SSSR count). The van der Waals surface area contributed by atoms with Gasteiger partial charge in [-0.1, -0.05) is 36.4 Å². The van der Waals surface area contributed by atoms with Crippen molar-refractivity contribution in [1.82, 2.24) is 0 Å². The summed E-state index contributed by atoms with van der Waals surface area (Å²) >= 11 is 0. The lowest BCUT2D eigenvalue weighted by Crippen LogP contribution is -1.84. The van der Waals surface area contributed by atoms with Gasteiger partial charge in [0.1, 0.15) is 0 Å². The van der Waals surface area contributed by atoms with Crippen molar-refractivity contribution in [2.24, 2.45) is 0 Å². The van der Waals surface area contributed by atoms with Crippen LogP contribution in [-0.2, 0) is 0 Å². The Balaban J connectivity index is 2.51. The number of hydrogen-bond donors (Lipinski definition) is 0. The summed E-state index contributed by atoms with van der Waals surface area (Å²) in [5.41, 5.74) is 1.31. The second kappa shape index (κ2) is 3.34. The lowest BCUT2D eigenvalue weighted by Gasteiger charge is -2.07. The van der Waals surface area contributed by atoms with Crippen LogP contribution < -0.4 is 0 Å². The fraction of sp³-hybridized carbons (Fsp3) is 0. The Morgan fingerprint density at radius 2 is 1.38 bits per heavy atom. The van der Waals surface area contributed by atoms with Gasteiger partial charge in [-0.05, 0) is 58.7 Å². The largest absolute Gasteiger partial charge is 0.0616 e. The molecular formula is C16H10. The highest BCUT2D eigenvalue weighted by Gasteiger charge is 2.02. The summed E-state index contributed by atoms with van der Waals surface area (Å²) in [5, 5.41) is 4.57. The molecule has 3 aromatic rings. The molecule has 3 aromatic carbocycles. The van der Waals surface area contributed by atoms with E-state index in [0.29, 0.717) is 11.1 Å². The Labute approximate surface area is 95.5 Å². The Morgan fingerprint density at radius 1 is 0.688 bits per heavy atom. The van der Waals surface area contributed by atoms with E-state index in [-0.39, 0.29) is 0 Å². The molecule has 0 spiro atoms. The Morgan fingerprint density at radius 3 is 2.12 bits per heavy atom. The minimum absolute atomic E-state index is 0.641. The molecule has 0 nitrogen and oxygen atoms in total. The van der Waals surface area contributed by atoms with E-state index in [1.807, 2.05) is 24.3 Å². The van der Waals surface area contributed by atoms with E-state index < -0.39 is 0 Å². The maximum absolute atomic E-state index is 5.98. The van der Waals surface area contributed by atoms with Crippen LogP contribution in [0.3, 0.4) is 0 Å². The molecule has 0 aliphatic carbocycles. The topological polar surface area (TPSA) is 0 Å². The van der Waals surface area contributed by atoms with Crippen LogP contribution in [0.25, 0.3) is 21.5 Å². The third kappa shape index (κ3) is 1.30. The highest BCUT2D eigenvalue weighted by atomic mass is 14.1. The number of fused-ring (bicyclic) bond motifs is 2. The summed E-state index contributed by atoms with van der Waals surface area (Å²) in [6.07, 6.45) is 0. The van der Waals surface area contributed by atoms with Crippen LogP contribution in [0.1, 0.15) is 11.1 Å². The molecule has 0 saturated heterocycles. The Kier molecular flexibility index (Phi) is 1.97. The first-order valence-corrected chi connectivity index (χ1v) is 5.22. The summed E-state index contributed by atoms with van der Waals surface area (Å²) in [6.45, 7) is 11.8. The normalized spacial score (nSPS) is 11.1. The number of rotatable bonds is 0. The summed E-state index contributed by atoms with van der Waals surface area (Å²) in [4.78, 5) is 0. The summed E-state index contributed by atoms with van der Waals surface area (Å²) in [7, 11) is 0. The van der Waals surface area contributed by atoms with Crippen molar-refractivity contribution >= 4 is 21.5 Å². The van der Waals surface area contributed by atoms with Crippen LogP contribution in [0, 0.1) is 13.8 Å². The first kappa shape index (κ1) is 9.41. The molecule has 74 valence electrons. The highest BCUT2D eigenvalue weighted by molar-refractivity contribution is 6.00. The zero-order valence-corrected chi connectivity index (χ0v) is 8.77. The van der Waals surface area contributed by atoms with E-state index in [1.54, 1.807) is 0 Å². The van der Waals surface area contributed by atoms with Crippen molar-refractivity contribution < 1.29 is 0 Å². The molecule has 0 heterocycles. The number of benzene rings is 3. The second-order valence-electron chi connectivity index (χ2n) is 3.99. The minimum atomic E-state index is 0.641. The molecule has 4 radical (unpaired) electrons. The van der Waals surface area contributed by atoms with E-state index in [0.717, 1.165) is 10.8 Å². The van der Waals surface area contributed by atoms with Crippen molar-refractivity contribution in [3.63, 3.8) is 0 Å². The predicted molar refractivity (Wildman–Crippen MR) is 68.3 cm³/mol. The molecule has 0 N–H and O–H groups in total. The molecule has 0 bridgehead atoms. The maximum atomic E-state index is 5.98. The first-order valence-electron chi connectivity index (χ1n) is 5.22. The third-order valence-corrected chi connectivity index (χ3v) is 2.96. The monoisotopic (exact) mass is 202 g/mol. The van der Waals surface area contributed by atoms with Gasteiger partial charge in [0.25, 0.3) is 0 Å². The van der Waals surface area contributed by atoms with Crippen molar-refractivity contribution in [1.29, 1.82) is 0 Å². The van der Waals surface area contributed by atoms with Crippen LogP contribution in [0.4, 0.5) is 0 Å². The standard InChI is InChI=1S/C16H10/c1-11-7-8-15-9-13-5-3-4-6-14(13)10-16(15)12(11)2/h1-10H. The third-order valence-electron chi connectivity index (χ3n) is 2.96. The van der Waals surface area contributed by atoms with E-state index in [2.05, 4.69) is 24.3 Å².